The second kappa shape index (κ2) is 5.79. The van der Waals surface area contributed by atoms with E-state index in [9.17, 15) is 0 Å². The summed E-state index contributed by atoms with van der Waals surface area (Å²) in [7, 11) is 2.98. The number of nitrogens with one attached hydrogen (secondary N) is 1. The number of ether oxygens (including phenoxy) is 2. The zero-order valence-corrected chi connectivity index (χ0v) is 8.86. The largest absolute Gasteiger partial charge is 0.467 e. The zero-order valence-electron chi connectivity index (χ0n) is 8.86. The number of aromatic nitrogens is 3. The predicted molar refractivity (Wildman–Crippen MR) is 56.2 cm³/mol. The van der Waals surface area contributed by atoms with Gasteiger partial charge >= 0.3 is 12.0 Å². The van der Waals surface area contributed by atoms with Gasteiger partial charge in [-0.3, -0.25) is 0 Å². The Balaban J connectivity index is 2.72. The molecule has 0 unspecified atom stereocenters. The van der Waals surface area contributed by atoms with E-state index in [2.05, 4.69) is 26.8 Å². The molecule has 0 aliphatic heterocycles. The lowest BCUT2D eigenvalue weighted by Gasteiger charge is -2.05. The minimum Gasteiger partial charge on any atom is -0.467 e. The van der Waals surface area contributed by atoms with Crippen molar-refractivity contribution in [1.29, 1.82) is 0 Å². The van der Waals surface area contributed by atoms with E-state index in [1.54, 1.807) is 0 Å². The fourth-order valence-electron chi connectivity index (χ4n) is 0.886. The topological polar surface area (TPSA) is 69.2 Å². The lowest BCUT2D eigenvalue weighted by Crippen LogP contribution is -2.07. The van der Waals surface area contributed by atoms with E-state index in [0.29, 0.717) is 12.5 Å². The molecular formula is C9H14N4O2. The normalized spacial score (nSPS) is 9.47. The van der Waals surface area contributed by atoms with E-state index in [-0.39, 0.29) is 12.0 Å². The van der Waals surface area contributed by atoms with Gasteiger partial charge in [0, 0.05) is 6.54 Å². The highest BCUT2D eigenvalue weighted by Crippen LogP contribution is 2.11. The molecule has 6 heteroatoms. The summed E-state index contributed by atoms with van der Waals surface area (Å²) < 4.78 is 9.80. The molecule has 0 aliphatic rings. The summed E-state index contributed by atoms with van der Waals surface area (Å²) in [6, 6.07) is 0.450. The van der Waals surface area contributed by atoms with Crippen LogP contribution in [0.3, 0.4) is 0 Å². The van der Waals surface area contributed by atoms with Gasteiger partial charge in [-0.25, -0.2) is 0 Å². The number of hydrogen-bond acceptors (Lipinski definition) is 6. The molecule has 1 aromatic heterocycles. The van der Waals surface area contributed by atoms with Crippen molar-refractivity contribution in [3.63, 3.8) is 0 Å². The van der Waals surface area contributed by atoms with Gasteiger partial charge in [-0.2, -0.15) is 9.97 Å². The van der Waals surface area contributed by atoms with Crippen LogP contribution in [0.1, 0.15) is 6.42 Å². The van der Waals surface area contributed by atoms with Crippen LogP contribution in [0.5, 0.6) is 12.0 Å². The lowest BCUT2D eigenvalue weighted by molar-refractivity contribution is 0.341. The van der Waals surface area contributed by atoms with E-state index >= 15 is 0 Å². The van der Waals surface area contributed by atoms with E-state index in [4.69, 9.17) is 9.47 Å². The Hall–Kier alpha value is -1.85. The van der Waals surface area contributed by atoms with Crippen LogP contribution in [0, 0.1) is 0 Å². The second-order valence-corrected chi connectivity index (χ2v) is 2.64. The average Bonchev–Trinajstić information content (AvgIpc) is 2.29. The summed E-state index contributed by atoms with van der Waals surface area (Å²) in [6.45, 7) is 4.32. The Morgan fingerprint density at radius 2 is 1.80 bits per heavy atom. The van der Waals surface area contributed by atoms with Crippen molar-refractivity contribution < 1.29 is 9.47 Å². The number of nitrogens with zero attached hydrogens (tertiary/aromatic N) is 3. The molecule has 1 aromatic rings. The molecule has 0 radical (unpaired) electrons. The van der Waals surface area contributed by atoms with Gasteiger partial charge in [0.1, 0.15) is 0 Å². The molecule has 0 amide bonds. The fourth-order valence-corrected chi connectivity index (χ4v) is 0.886. The molecule has 15 heavy (non-hydrogen) atoms. The average molecular weight is 210 g/mol. The van der Waals surface area contributed by atoms with Crippen LogP contribution in [0.4, 0.5) is 5.95 Å². The number of anilines is 1. The van der Waals surface area contributed by atoms with Gasteiger partial charge < -0.3 is 14.8 Å². The van der Waals surface area contributed by atoms with Crippen molar-refractivity contribution in [2.45, 2.75) is 6.42 Å². The molecule has 0 aliphatic carbocycles. The first-order valence-electron chi connectivity index (χ1n) is 4.49. The Morgan fingerprint density at radius 3 is 2.27 bits per heavy atom. The molecule has 0 saturated carbocycles. The summed E-state index contributed by atoms with van der Waals surface area (Å²) in [4.78, 5) is 11.9. The third kappa shape index (κ3) is 3.41. The summed E-state index contributed by atoms with van der Waals surface area (Å²) in [5.41, 5.74) is 0. The van der Waals surface area contributed by atoms with E-state index in [0.717, 1.165) is 6.42 Å². The van der Waals surface area contributed by atoms with Gasteiger partial charge in [-0.15, -0.1) is 11.6 Å². The second-order valence-electron chi connectivity index (χ2n) is 2.64. The van der Waals surface area contributed by atoms with Crippen LogP contribution in [0.2, 0.25) is 0 Å². The van der Waals surface area contributed by atoms with Gasteiger partial charge in [0.15, 0.2) is 0 Å². The first kappa shape index (κ1) is 11.2. The van der Waals surface area contributed by atoms with Crippen molar-refractivity contribution in [3.05, 3.63) is 12.7 Å². The Bertz CT molecular complexity index is 308. The third-order valence-corrected chi connectivity index (χ3v) is 1.59. The van der Waals surface area contributed by atoms with Crippen molar-refractivity contribution in [2.24, 2.45) is 0 Å². The minimum atomic E-state index is 0.225. The van der Waals surface area contributed by atoms with Gasteiger partial charge in [0.25, 0.3) is 0 Å². The molecule has 1 heterocycles. The molecule has 0 aromatic carbocycles. The standard InChI is InChI=1S/C9H14N4O2/c1-4-5-6-10-7-11-8(14-2)13-9(12-7)15-3/h4H,1,5-6H2,2-3H3,(H,10,11,12,13). The number of rotatable bonds is 6. The summed E-state index contributed by atoms with van der Waals surface area (Å²) in [5, 5.41) is 3.00. The molecule has 0 bridgehead atoms. The molecule has 0 saturated heterocycles. The van der Waals surface area contributed by atoms with Crippen molar-refractivity contribution in [1.82, 2.24) is 15.0 Å². The zero-order chi connectivity index (χ0) is 11.1. The fraction of sp³-hybridized carbons (Fsp3) is 0.444. The highest BCUT2D eigenvalue weighted by Gasteiger charge is 2.05. The van der Waals surface area contributed by atoms with Crippen molar-refractivity contribution in [3.8, 4) is 12.0 Å². The van der Waals surface area contributed by atoms with Crippen LogP contribution in [0.25, 0.3) is 0 Å². The number of methoxy groups -OCH3 is 2. The van der Waals surface area contributed by atoms with E-state index in [1.165, 1.54) is 14.2 Å². The lowest BCUT2D eigenvalue weighted by atomic mass is 10.4. The molecular weight excluding hydrogens is 196 g/mol. The van der Waals surface area contributed by atoms with Crippen molar-refractivity contribution >= 4 is 5.95 Å². The van der Waals surface area contributed by atoms with E-state index < -0.39 is 0 Å². The van der Waals surface area contributed by atoms with Gasteiger partial charge in [0.05, 0.1) is 14.2 Å². The Morgan fingerprint density at radius 1 is 1.20 bits per heavy atom. The highest BCUT2D eigenvalue weighted by atomic mass is 16.5. The summed E-state index contributed by atoms with van der Waals surface area (Å²) >= 11 is 0. The maximum Gasteiger partial charge on any atom is 0.324 e. The van der Waals surface area contributed by atoms with Crippen LogP contribution in [0.15, 0.2) is 12.7 Å². The van der Waals surface area contributed by atoms with Crippen LogP contribution in [-0.4, -0.2) is 35.7 Å². The first-order chi connectivity index (χ1) is 7.30. The molecule has 0 spiro atoms. The monoisotopic (exact) mass is 210 g/mol. The van der Waals surface area contributed by atoms with Crippen molar-refractivity contribution in [2.75, 3.05) is 26.1 Å². The maximum atomic E-state index is 4.90. The molecule has 6 nitrogen and oxygen atoms in total. The highest BCUT2D eigenvalue weighted by molar-refractivity contribution is 5.27. The van der Waals surface area contributed by atoms with Crippen LogP contribution < -0.4 is 14.8 Å². The maximum absolute atomic E-state index is 4.90. The van der Waals surface area contributed by atoms with Gasteiger partial charge in [0.2, 0.25) is 5.95 Å². The molecule has 82 valence electrons. The van der Waals surface area contributed by atoms with E-state index in [1.807, 2.05) is 6.08 Å². The first-order valence-corrected chi connectivity index (χ1v) is 4.49. The molecule has 0 fully saturated rings. The minimum absolute atomic E-state index is 0.225. The van der Waals surface area contributed by atoms with Gasteiger partial charge in [-0.05, 0) is 6.42 Å². The quantitative estimate of drug-likeness (QED) is 0.555. The Labute approximate surface area is 88.4 Å². The van der Waals surface area contributed by atoms with Gasteiger partial charge in [-0.1, -0.05) is 6.08 Å². The SMILES string of the molecule is C=CCCNc1nc(OC)nc(OC)n1. The smallest absolute Gasteiger partial charge is 0.324 e. The van der Waals surface area contributed by atoms with Crippen LogP contribution in [-0.2, 0) is 0 Å². The summed E-state index contributed by atoms with van der Waals surface area (Å²) in [5.74, 6) is 0.431. The molecule has 1 N–H and O–H groups in total. The predicted octanol–water partition coefficient (Wildman–Crippen LogP) is 0.877. The molecule has 1 rings (SSSR count). The third-order valence-electron chi connectivity index (χ3n) is 1.59. The Kier molecular flexibility index (Phi) is 4.33. The molecule has 0 atom stereocenters. The summed E-state index contributed by atoms with van der Waals surface area (Å²) in [6.07, 6.45) is 2.64. The van der Waals surface area contributed by atoms with Crippen LogP contribution >= 0.6 is 0 Å². The number of hydrogen-bond donors (Lipinski definition) is 1.